The first-order valence-corrected chi connectivity index (χ1v) is 10.0. The lowest BCUT2D eigenvalue weighted by molar-refractivity contribution is 1.30. The summed E-state index contributed by atoms with van der Waals surface area (Å²) < 4.78 is 2.40. The number of pyridine rings is 1. The van der Waals surface area contributed by atoms with E-state index in [-0.39, 0.29) is 0 Å². The van der Waals surface area contributed by atoms with Gasteiger partial charge in [-0.2, -0.15) is 0 Å². The number of aromatic nitrogens is 1. The van der Waals surface area contributed by atoms with Gasteiger partial charge in [-0.05, 0) is 39.1 Å². The third kappa shape index (κ3) is 1.94. The molecule has 7 aromatic rings. The van der Waals surface area contributed by atoms with Crippen LogP contribution in [0.15, 0.2) is 103 Å². The second-order valence-electron chi connectivity index (χ2n) is 7.86. The Hall–Kier alpha value is -3.84. The molecule has 0 saturated carbocycles. The van der Waals surface area contributed by atoms with Crippen LogP contribution in [-0.4, -0.2) is 4.40 Å². The van der Waals surface area contributed by atoms with Crippen LogP contribution >= 0.6 is 0 Å². The summed E-state index contributed by atoms with van der Waals surface area (Å²) in [5.41, 5.74) is 2.56. The molecule has 0 bridgehead atoms. The minimum Gasteiger partial charge on any atom is -0.315 e. The maximum absolute atomic E-state index is 2.40. The van der Waals surface area contributed by atoms with Crippen molar-refractivity contribution in [2.45, 2.75) is 0 Å². The van der Waals surface area contributed by atoms with Crippen molar-refractivity contribution in [1.29, 1.82) is 0 Å². The second kappa shape index (κ2) is 5.36. The van der Waals surface area contributed by atoms with E-state index in [1.54, 1.807) is 0 Å². The number of hydrogen-bond donors (Lipinski definition) is 0. The quantitative estimate of drug-likeness (QED) is 0.191. The number of fused-ring (bicyclic) bond motifs is 11. The summed E-state index contributed by atoms with van der Waals surface area (Å²) in [6, 6.07) is 35.4. The van der Waals surface area contributed by atoms with Gasteiger partial charge in [0.2, 0.25) is 0 Å². The fourth-order valence-corrected chi connectivity index (χ4v) is 5.00. The van der Waals surface area contributed by atoms with E-state index in [0.29, 0.717) is 0 Å². The highest BCUT2D eigenvalue weighted by atomic mass is 14.9. The SMILES string of the molecule is c1ccc2cc3c(cc2c1)c1ccc2ccccc2c1c1c2ccccc2cn31. The molecule has 0 radical (unpaired) electrons. The predicted molar refractivity (Wildman–Crippen MR) is 125 cm³/mol. The van der Waals surface area contributed by atoms with E-state index in [1.165, 1.54) is 59.5 Å². The number of benzene rings is 5. The lowest BCUT2D eigenvalue weighted by atomic mass is 9.96. The van der Waals surface area contributed by atoms with Crippen LogP contribution in [0, 0.1) is 0 Å². The molecule has 5 aromatic carbocycles. The summed E-state index contributed by atoms with van der Waals surface area (Å²) >= 11 is 0. The van der Waals surface area contributed by atoms with Crippen molar-refractivity contribution in [3.05, 3.63) is 103 Å². The zero-order valence-electron chi connectivity index (χ0n) is 15.8. The Morgan fingerprint density at radius 2 is 1.10 bits per heavy atom. The molecule has 0 aliphatic carbocycles. The van der Waals surface area contributed by atoms with E-state index >= 15 is 0 Å². The first-order valence-electron chi connectivity index (χ1n) is 10.0. The first kappa shape index (κ1) is 15.1. The Morgan fingerprint density at radius 3 is 1.93 bits per heavy atom. The molecule has 0 N–H and O–H groups in total. The van der Waals surface area contributed by atoms with Gasteiger partial charge in [0.1, 0.15) is 0 Å². The van der Waals surface area contributed by atoms with E-state index in [2.05, 4.69) is 108 Å². The Labute approximate surface area is 167 Å². The monoisotopic (exact) mass is 367 g/mol. The van der Waals surface area contributed by atoms with E-state index < -0.39 is 0 Å². The van der Waals surface area contributed by atoms with Crippen molar-refractivity contribution in [3.63, 3.8) is 0 Å². The van der Waals surface area contributed by atoms with Crippen molar-refractivity contribution >= 4 is 59.5 Å². The molecule has 0 aliphatic rings. The zero-order valence-corrected chi connectivity index (χ0v) is 15.8. The lowest BCUT2D eigenvalue weighted by Crippen LogP contribution is -1.91. The molecule has 0 spiro atoms. The molecular formula is C28H17N. The minimum atomic E-state index is 1.26. The predicted octanol–water partition coefficient (Wildman–Crippen LogP) is 7.71. The molecule has 29 heavy (non-hydrogen) atoms. The molecule has 134 valence electrons. The Balaban J connectivity index is 1.90. The van der Waals surface area contributed by atoms with Crippen LogP contribution in [0.4, 0.5) is 0 Å². The standard InChI is InChI=1S/C28H17N/c1-2-9-20-16-26-25(15-19(20)8-1)24-14-13-18-7-3-5-11-22(18)27(24)28-23-12-6-4-10-21(23)17-29(26)28/h1-17H. The molecule has 0 amide bonds. The summed E-state index contributed by atoms with van der Waals surface area (Å²) in [7, 11) is 0. The summed E-state index contributed by atoms with van der Waals surface area (Å²) in [6.45, 7) is 0. The molecule has 0 atom stereocenters. The topological polar surface area (TPSA) is 4.41 Å². The lowest BCUT2D eigenvalue weighted by Gasteiger charge is -2.13. The van der Waals surface area contributed by atoms with Gasteiger partial charge < -0.3 is 4.40 Å². The van der Waals surface area contributed by atoms with Crippen molar-refractivity contribution in [2.75, 3.05) is 0 Å². The van der Waals surface area contributed by atoms with Crippen molar-refractivity contribution in [2.24, 2.45) is 0 Å². The smallest absolute Gasteiger partial charge is 0.0619 e. The van der Waals surface area contributed by atoms with Gasteiger partial charge in [0.15, 0.2) is 0 Å². The molecule has 1 nitrogen and oxygen atoms in total. The molecule has 0 fully saturated rings. The average molecular weight is 367 g/mol. The Kier molecular flexibility index (Phi) is 2.80. The largest absolute Gasteiger partial charge is 0.315 e. The first-order chi connectivity index (χ1) is 14.4. The highest BCUT2D eigenvalue weighted by molar-refractivity contribution is 6.28. The normalized spacial score (nSPS) is 12.1. The van der Waals surface area contributed by atoms with Crippen LogP contribution in [-0.2, 0) is 0 Å². The fourth-order valence-electron chi connectivity index (χ4n) is 5.00. The van der Waals surface area contributed by atoms with Gasteiger partial charge >= 0.3 is 0 Å². The van der Waals surface area contributed by atoms with Gasteiger partial charge in [0.05, 0.1) is 11.0 Å². The summed E-state index contributed by atoms with van der Waals surface area (Å²) in [6.07, 6.45) is 2.29. The van der Waals surface area contributed by atoms with Gasteiger partial charge in [-0.3, -0.25) is 0 Å². The van der Waals surface area contributed by atoms with Crippen LogP contribution in [0.25, 0.3) is 59.5 Å². The van der Waals surface area contributed by atoms with Crippen LogP contribution in [0.1, 0.15) is 0 Å². The highest BCUT2D eigenvalue weighted by Gasteiger charge is 2.15. The molecule has 0 saturated heterocycles. The molecule has 1 heteroatoms. The van der Waals surface area contributed by atoms with Crippen LogP contribution in [0.5, 0.6) is 0 Å². The number of hydrogen-bond acceptors (Lipinski definition) is 0. The highest BCUT2D eigenvalue weighted by Crippen LogP contribution is 2.39. The minimum absolute atomic E-state index is 1.26. The third-order valence-corrected chi connectivity index (χ3v) is 6.30. The van der Waals surface area contributed by atoms with E-state index in [9.17, 15) is 0 Å². The van der Waals surface area contributed by atoms with Crippen LogP contribution in [0.3, 0.4) is 0 Å². The molecule has 2 heterocycles. The zero-order chi connectivity index (χ0) is 18.9. The van der Waals surface area contributed by atoms with E-state index in [4.69, 9.17) is 0 Å². The van der Waals surface area contributed by atoms with Gasteiger partial charge in [0, 0.05) is 27.7 Å². The molecular weight excluding hydrogens is 350 g/mol. The van der Waals surface area contributed by atoms with Crippen molar-refractivity contribution < 1.29 is 0 Å². The summed E-state index contributed by atoms with van der Waals surface area (Å²) in [5.74, 6) is 0. The second-order valence-corrected chi connectivity index (χ2v) is 7.86. The van der Waals surface area contributed by atoms with Gasteiger partial charge in [-0.15, -0.1) is 0 Å². The number of nitrogens with zero attached hydrogens (tertiary/aromatic N) is 1. The van der Waals surface area contributed by atoms with Crippen LogP contribution in [0.2, 0.25) is 0 Å². The summed E-state index contributed by atoms with van der Waals surface area (Å²) in [4.78, 5) is 0. The van der Waals surface area contributed by atoms with Gasteiger partial charge in [0.25, 0.3) is 0 Å². The van der Waals surface area contributed by atoms with Crippen LogP contribution < -0.4 is 0 Å². The van der Waals surface area contributed by atoms with E-state index in [0.717, 1.165) is 0 Å². The van der Waals surface area contributed by atoms with Gasteiger partial charge in [-0.25, -0.2) is 0 Å². The Morgan fingerprint density at radius 1 is 0.448 bits per heavy atom. The fraction of sp³-hybridized carbons (Fsp3) is 0. The van der Waals surface area contributed by atoms with Gasteiger partial charge in [-0.1, -0.05) is 84.9 Å². The average Bonchev–Trinajstić information content (AvgIpc) is 3.17. The molecule has 7 rings (SSSR count). The molecule has 0 aliphatic heterocycles. The number of rotatable bonds is 0. The molecule has 2 aromatic heterocycles. The Bertz CT molecular complexity index is 1750. The maximum Gasteiger partial charge on any atom is 0.0619 e. The van der Waals surface area contributed by atoms with Crippen molar-refractivity contribution in [1.82, 2.24) is 4.40 Å². The maximum atomic E-state index is 2.40. The van der Waals surface area contributed by atoms with Crippen molar-refractivity contribution in [3.8, 4) is 0 Å². The molecule has 0 unspecified atom stereocenters. The third-order valence-electron chi connectivity index (χ3n) is 6.30. The summed E-state index contributed by atoms with van der Waals surface area (Å²) in [5, 5.41) is 11.7. The van der Waals surface area contributed by atoms with E-state index in [1.807, 2.05) is 0 Å².